The molecule has 0 spiro atoms. The number of aromatic nitrogens is 2. The first-order chi connectivity index (χ1) is 6.58. The van der Waals surface area contributed by atoms with Gasteiger partial charge in [0.15, 0.2) is 0 Å². The topological polar surface area (TPSA) is 92.3 Å². The van der Waals surface area contributed by atoms with E-state index in [9.17, 15) is 4.79 Å². The Balaban J connectivity index is 2.39. The van der Waals surface area contributed by atoms with E-state index in [4.69, 9.17) is 10.8 Å². The molecule has 1 aliphatic heterocycles. The van der Waals surface area contributed by atoms with Gasteiger partial charge in [0.05, 0.1) is 18.8 Å². The fourth-order valence-electron chi connectivity index (χ4n) is 1.54. The number of nitrogen functional groups attached to an aromatic ring is 1. The quantitative estimate of drug-likeness (QED) is 0.622. The van der Waals surface area contributed by atoms with E-state index in [1.807, 2.05) is 0 Å². The van der Waals surface area contributed by atoms with E-state index in [1.54, 1.807) is 6.92 Å². The molecule has 0 bridgehead atoms. The molecular formula is C8H10N4O2. The Hall–Kier alpha value is -1.85. The largest absolute Gasteiger partial charge is 0.465 e. The predicted octanol–water partition coefficient (Wildman–Crippen LogP) is 0.361. The lowest BCUT2D eigenvalue weighted by Gasteiger charge is -2.08. The summed E-state index contributed by atoms with van der Waals surface area (Å²) in [5.74, 6) is 0.963. The Morgan fingerprint density at radius 1 is 1.50 bits per heavy atom. The number of fused-ring (bicyclic) bond motifs is 1. The van der Waals surface area contributed by atoms with Crippen molar-refractivity contribution in [1.82, 2.24) is 14.9 Å². The van der Waals surface area contributed by atoms with E-state index in [0.29, 0.717) is 18.2 Å². The van der Waals surface area contributed by atoms with Gasteiger partial charge in [0.1, 0.15) is 11.6 Å². The number of hydrogen-bond donors (Lipinski definition) is 2. The summed E-state index contributed by atoms with van der Waals surface area (Å²) in [5, 5.41) is 8.78. The highest BCUT2D eigenvalue weighted by atomic mass is 16.4. The summed E-state index contributed by atoms with van der Waals surface area (Å²) in [6.45, 7) is 2.33. The van der Waals surface area contributed by atoms with Crippen LogP contribution >= 0.6 is 0 Å². The number of carbonyl (C=O) groups is 1. The van der Waals surface area contributed by atoms with Crippen molar-refractivity contribution in [2.24, 2.45) is 0 Å². The number of aryl methyl sites for hydroxylation is 1. The summed E-state index contributed by atoms with van der Waals surface area (Å²) < 4.78 is 0. The SMILES string of the molecule is Cc1nc(N)c2c(n1)CN(C(=O)O)C2. The molecule has 74 valence electrons. The van der Waals surface area contributed by atoms with Crippen molar-refractivity contribution in [3.8, 4) is 0 Å². The number of hydrogen-bond acceptors (Lipinski definition) is 4. The lowest BCUT2D eigenvalue weighted by molar-refractivity contribution is 0.145. The summed E-state index contributed by atoms with van der Waals surface area (Å²) in [7, 11) is 0. The average Bonchev–Trinajstić information content (AvgIpc) is 2.47. The van der Waals surface area contributed by atoms with Gasteiger partial charge in [-0.1, -0.05) is 0 Å². The smallest absolute Gasteiger partial charge is 0.407 e. The molecule has 6 nitrogen and oxygen atoms in total. The minimum absolute atomic E-state index is 0.288. The lowest BCUT2D eigenvalue weighted by atomic mass is 10.2. The molecule has 0 aromatic carbocycles. The maximum absolute atomic E-state index is 10.7. The highest BCUT2D eigenvalue weighted by molar-refractivity contribution is 5.67. The summed E-state index contributed by atoms with van der Waals surface area (Å²) in [6, 6.07) is 0. The Kier molecular flexibility index (Phi) is 1.77. The van der Waals surface area contributed by atoms with Crippen LogP contribution in [0.25, 0.3) is 0 Å². The molecule has 0 saturated heterocycles. The number of carboxylic acid groups (broad SMARTS) is 1. The maximum Gasteiger partial charge on any atom is 0.407 e. The van der Waals surface area contributed by atoms with Crippen LogP contribution in [0.2, 0.25) is 0 Å². The Bertz CT molecular complexity index is 405. The highest BCUT2D eigenvalue weighted by Gasteiger charge is 2.26. The first kappa shape index (κ1) is 8.74. The highest BCUT2D eigenvalue weighted by Crippen LogP contribution is 2.24. The van der Waals surface area contributed by atoms with E-state index in [2.05, 4.69) is 9.97 Å². The zero-order valence-corrected chi connectivity index (χ0v) is 7.69. The maximum atomic E-state index is 10.7. The number of amides is 1. The van der Waals surface area contributed by atoms with E-state index < -0.39 is 6.09 Å². The van der Waals surface area contributed by atoms with Crippen molar-refractivity contribution in [2.75, 3.05) is 5.73 Å². The normalized spacial score (nSPS) is 14.2. The minimum atomic E-state index is -0.958. The molecule has 1 amide bonds. The van der Waals surface area contributed by atoms with Crippen molar-refractivity contribution in [3.63, 3.8) is 0 Å². The third-order valence-corrected chi connectivity index (χ3v) is 2.20. The zero-order chi connectivity index (χ0) is 10.3. The molecule has 6 heteroatoms. The van der Waals surface area contributed by atoms with Crippen LogP contribution in [-0.2, 0) is 13.1 Å². The molecule has 0 unspecified atom stereocenters. The first-order valence-electron chi connectivity index (χ1n) is 4.17. The second kappa shape index (κ2) is 2.83. The Morgan fingerprint density at radius 2 is 2.21 bits per heavy atom. The summed E-state index contributed by atoms with van der Waals surface area (Å²) in [6.07, 6.45) is -0.958. The van der Waals surface area contributed by atoms with Crippen LogP contribution in [-0.4, -0.2) is 26.1 Å². The molecule has 14 heavy (non-hydrogen) atoms. The molecule has 0 aliphatic carbocycles. The number of nitrogens with zero attached hydrogens (tertiary/aromatic N) is 3. The second-order valence-corrected chi connectivity index (χ2v) is 3.22. The first-order valence-corrected chi connectivity index (χ1v) is 4.17. The van der Waals surface area contributed by atoms with Gasteiger partial charge in [-0.25, -0.2) is 14.8 Å². The summed E-state index contributed by atoms with van der Waals surface area (Å²) in [5.41, 5.74) is 7.12. The van der Waals surface area contributed by atoms with E-state index in [-0.39, 0.29) is 6.54 Å². The van der Waals surface area contributed by atoms with Crippen LogP contribution in [0.3, 0.4) is 0 Å². The van der Waals surface area contributed by atoms with Gasteiger partial charge in [0.2, 0.25) is 0 Å². The summed E-state index contributed by atoms with van der Waals surface area (Å²) >= 11 is 0. The molecule has 0 radical (unpaired) electrons. The molecular weight excluding hydrogens is 184 g/mol. The van der Waals surface area contributed by atoms with Crippen molar-refractivity contribution in [1.29, 1.82) is 0 Å². The fourth-order valence-corrected chi connectivity index (χ4v) is 1.54. The fraction of sp³-hybridized carbons (Fsp3) is 0.375. The van der Waals surface area contributed by atoms with Gasteiger partial charge in [0, 0.05) is 5.56 Å². The summed E-state index contributed by atoms with van der Waals surface area (Å²) in [4.78, 5) is 20.1. The van der Waals surface area contributed by atoms with Crippen LogP contribution in [0.4, 0.5) is 10.6 Å². The number of nitrogens with two attached hydrogens (primary N) is 1. The van der Waals surface area contributed by atoms with Crippen LogP contribution in [0.5, 0.6) is 0 Å². The van der Waals surface area contributed by atoms with Gasteiger partial charge >= 0.3 is 6.09 Å². The molecule has 0 saturated carbocycles. The van der Waals surface area contributed by atoms with Crippen molar-refractivity contribution < 1.29 is 9.90 Å². The molecule has 2 heterocycles. The molecule has 1 aromatic heterocycles. The van der Waals surface area contributed by atoms with Crippen LogP contribution in [0.1, 0.15) is 17.1 Å². The monoisotopic (exact) mass is 194 g/mol. The number of anilines is 1. The van der Waals surface area contributed by atoms with Crippen LogP contribution < -0.4 is 5.73 Å². The van der Waals surface area contributed by atoms with Crippen molar-refractivity contribution >= 4 is 11.9 Å². The van der Waals surface area contributed by atoms with Crippen LogP contribution in [0, 0.1) is 6.92 Å². The van der Waals surface area contributed by atoms with Crippen molar-refractivity contribution in [3.05, 3.63) is 17.1 Å². The van der Waals surface area contributed by atoms with E-state index in [0.717, 1.165) is 11.3 Å². The van der Waals surface area contributed by atoms with Crippen molar-refractivity contribution in [2.45, 2.75) is 20.0 Å². The minimum Gasteiger partial charge on any atom is -0.465 e. The molecule has 0 fully saturated rings. The molecule has 2 rings (SSSR count). The molecule has 1 aliphatic rings. The molecule has 0 atom stereocenters. The lowest BCUT2D eigenvalue weighted by Crippen LogP contribution is -2.22. The molecule has 1 aromatic rings. The molecule has 3 N–H and O–H groups in total. The van der Waals surface area contributed by atoms with E-state index in [1.165, 1.54) is 4.90 Å². The average molecular weight is 194 g/mol. The van der Waals surface area contributed by atoms with Gasteiger partial charge in [-0.2, -0.15) is 0 Å². The van der Waals surface area contributed by atoms with E-state index >= 15 is 0 Å². The Labute approximate surface area is 80.4 Å². The van der Waals surface area contributed by atoms with Gasteiger partial charge in [-0.05, 0) is 6.92 Å². The second-order valence-electron chi connectivity index (χ2n) is 3.22. The Morgan fingerprint density at radius 3 is 2.86 bits per heavy atom. The number of rotatable bonds is 0. The predicted molar refractivity (Wildman–Crippen MR) is 48.5 cm³/mol. The van der Waals surface area contributed by atoms with Gasteiger partial charge in [-0.3, -0.25) is 4.90 Å². The van der Waals surface area contributed by atoms with Gasteiger partial charge in [-0.15, -0.1) is 0 Å². The van der Waals surface area contributed by atoms with Crippen LogP contribution in [0.15, 0.2) is 0 Å². The van der Waals surface area contributed by atoms with Gasteiger partial charge < -0.3 is 10.8 Å². The third kappa shape index (κ3) is 1.24. The zero-order valence-electron chi connectivity index (χ0n) is 7.69. The third-order valence-electron chi connectivity index (χ3n) is 2.20. The standard InChI is InChI=1S/C8H10N4O2/c1-4-10-6-3-12(8(13)14)2-5(6)7(9)11-4/h2-3H2,1H3,(H,13,14)(H2,9,10,11). The van der Waals surface area contributed by atoms with Gasteiger partial charge in [0.25, 0.3) is 0 Å².